The number of hydrogen-bond acceptors (Lipinski definition) is 2. The highest BCUT2D eigenvalue weighted by molar-refractivity contribution is 6.13. The van der Waals surface area contributed by atoms with Crippen molar-refractivity contribution in [1.29, 1.82) is 0 Å². The number of fused-ring (bicyclic) bond motifs is 11. The summed E-state index contributed by atoms with van der Waals surface area (Å²) in [5, 5.41) is 4.64. The van der Waals surface area contributed by atoms with Crippen LogP contribution >= 0.6 is 0 Å². The van der Waals surface area contributed by atoms with Gasteiger partial charge in [0.05, 0.1) is 44.5 Å². The summed E-state index contributed by atoms with van der Waals surface area (Å²) in [5.41, 5.74) is 10.5. The van der Waals surface area contributed by atoms with Crippen LogP contribution in [0.15, 0.2) is 138 Å². The lowest BCUT2D eigenvalue weighted by atomic mass is 10.1. The molecule has 0 spiro atoms. The van der Waals surface area contributed by atoms with Crippen molar-refractivity contribution >= 4 is 71.6 Å². The smallest absolute Gasteiger partial charge is 0.220 e. The number of imidazole rings is 2. The summed E-state index contributed by atoms with van der Waals surface area (Å²) in [7, 11) is 0. The maximum absolute atomic E-state index is 6.65. The van der Waals surface area contributed by atoms with Gasteiger partial charge in [-0.2, -0.15) is 0 Å². The number of para-hydroxylation sites is 7. The maximum atomic E-state index is 6.65. The van der Waals surface area contributed by atoms with Crippen LogP contribution in [0.2, 0.25) is 0 Å². The summed E-state index contributed by atoms with van der Waals surface area (Å²) in [6.07, 6.45) is 0. The van der Waals surface area contributed by atoms with Crippen LogP contribution in [0.4, 0.5) is 0 Å². The van der Waals surface area contributed by atoms with Gasteiger partial charge in [-0.15, -0.1) is 0 Å². The molecule has 10 aromatic rings. The van der Waals surface area contributed by atoms with E-state index in [1.54, 1.807) is 0 Å². The topological polar surface area (TPSA) is 40.3 Å². The minimum absolute atomic E-state index is 0.864. The molecule has 4 aromatic heterocycles. The monoisotopic (exact) mass is 538 g/mol. The van der Waals surface area contributed by atoms with Gasteiger partial charge < -0.3 is 8.98 Å². The zero-order chi connectivity index (χ0) is 27.4. The molecule has 0 amide bonds. The van der Waals surface area contributed by atoms with Gasteiger partial charge in [0.1, 0.15) is 5.58 Å². The molecular weight excluding hydrogens is 516 g/mol. The van der Waals surface area contributed by atoms with Crippen molar-refractivity contribution in [1.82, 2.24) is 18.5 Å². The van der Waals surface area contributed by atoms with E-state index in [1.807, 2.05) is 6.07 Å². The molecule has 0 radical (unpaired) electrons. The van der Waals surface area contributed by atoms with Gasteiger partial charge in [-0.25, -0.2) is 4.98 Å². The van der Waals surface area contributed by atoms with E-state index in [2.05, 4.69) is 141 Å². The van der Waals surface area contributed by atoms with Gasteiger partial charge in [0.25, 0.3) is 0 Å². The van der Waals surface area contributed by atoms with E-state index in [9.17, 15) is 0 Å². The van der Waals surface area contributed by atoms with Gasteiger partial charge in [0, 0.05) is 21.5 Å². The van der Waals surface area contributed by atoms with E-state index >= 15 is 0 Å². The predicted molar refractivity (Wildman–Crippen MR) is 171 cm³/mol. The van der Waals surface area contributed by atoms with Gasteiger partial charge >= 0.3 is 0 Å². The number of nitrogens with zero attached hydrogens (tertiary/aromatic N) is 4. The number of furan rings is 1. The highest BCUT2D eigenvalue weighted by atomic mass is 16.3. The highest BCUT2D eigenvalue weighted by Gasteiger charge is 2.20. The van der Waals surface area contributed by atoms with E-state index in [-0.39, 0.29) is 0 Å². The number of benzene rings is 6. The van der Waals surface area contributed by atoms with Gasteiger partial charge in [-0.3, -0.25) is 8.97 Å². The van der Waals surface area contributed by atoms with E-state index in [0.717, 1.165) is 61.2 Å². The van der Waals surface area contributed by atoms with Gasteiger partial charge in [0.15, 0.2) is 5.58 Å². The minimum atomic E-state index is 0.864. The zero-order valence-electron chi connectivity index (χ0n) is 22.4. The first-order valence-corrected chi connectivity index (χ1v) is 14.2. The lowest BCUT2D eigenvalue weighted by Crippen LogP contribution is -1.95. The van der Waals surface area contributed by atoms with E-state index < -0.39 is 0 Å². The van der Waals surface area contributed by atoms with Crippen LogP contribution in [-0.4, -0.2) is 18.5 Å². The largest absolute Gasteiger partial charge is 0.454 e. The molecule has 0 bridgehead atoms. The van der Waals surface area contributed by atoms with Crippen molar-refractivity contribution in [2.45, 2.75) is 0 Å². The average molecular weight is 539 g/mol. The molecular formula is C37H22N4O. The van der Waals surface area contributed by atoms with Crippen molar-refractivity contribution in [2.75, 3.05) is 0 Å². The van der Waals surface area contributed by atoms with E-state index in [4.69, 9.17) is 9.40 Å². The van der Waals surface area contributed by atoms with E-state index in [0.29, 0.717) is 0 Å². The Kier molecular flexibility index (Phi) is 4.12. The van der Waals surface area contributed by atoms with Crippen LogP contribution in [-0.2, 0) is 0 Å². The summed E-state index contributed by atoms with van der Waals surface area (Å²) in [5.74, 6) is 0.899. The molecule has 0 saturated heterocycles. The fourth-order valence-corrected chi connectivity index (χ4v) is 6.87. The lowest BCUT2D eigenvalue weighted by molar-refractivity contribution is 0.666. The zero-order valence-corrected chi connectivity index (χ0v) is 22.4. The van der Waals surface area contributed by atoms with Crippen LogP contribution < -0.4 is 0 Å². The van der Waals surface area contributed by atoms with Gasteiger partial charge in [-0.1, -0.05) is 72.8 Å². The molecule has 4 heterocycles. The third kappa shape index (κ3) is 2.74. The lowest BCUT2D eigenvalue weighted by Gasteiger charge is -2.08. The number of hydrogen-bond donors (Lipinski definition) is 0. The maximum Gasteiger partial charge on any atom is 0.220 e. The van der Waals surface area contributed by atoms with Crippen molar-refractivity contribution in [3.05, 3.63) is 133 Å². The molecule has 42 heavy (non-hydrogen) atoms. The Morgan fingerprint density at radius 1 is 0.476 bits per heavy atom. The van der Waals surface area contributed by atoms with Crippen molar-refractivity contribution in [3.8, 4) is 11.4 Å². The molecule has 10 rings (SSSR count). The Morgan fingerprint density at radius 3 is 1.90 bits per heavy atom. The van der Waals surface area contributed by atoms with Crippen molar-refractivity contribution in [2.24, 2.45) is 0 Å². The summed E-state index contributed by atoms with van der Waals surface area (Å²) < 4.78 is 13.5. The molecule has 0 aliphatic carbocycles. The second-order valence-corrected chi connectivity index (χ2v) is 10.9. The SMILES string of the molecule is c1ccc2c(c1)nc1n(-c3ccc4oc5c(-n6c7ccccc7c7ccccc76)cccc5c4c3)c3ccccc3n21. The Balaban J connectivity index is 1.27. The van der Waals surface area contributed by atoms with Crippen LogP contribution in [0.5, 0.6) is 0 Å². The first-order valence-electron chi connectivity index (χ1n) is 14.2. The van der Waals surface area contributed by atoms with Crippen molar-refractivity contribution in [3.63, 3.8) is 0 Å². The molecule has 5 heteroatoms. The molecule has 0 fully saturated rings. The summed E-state index contributed by atoms with van der Waals surface area (Å²) >= 11 is 0. The van der Waals surface area contributed by atoms with Crippen LogP contribution in [0.25, 0.3) is 83.0 Å². The van der Waals surface area contributed by atoms with Crippen LogP contribution in [0.3, 0.4) is 0 Å². The molecule has 196 valence electrons. The molecule has 0 unspecified atom stereocenters. The molecule has 0 aliphatic heterocycles. The minimum Gasteiger partial charge on any atom is -0.454 e. The quantitative estimate of drug-likeness (QED) is 0.220. The summed E-state index contributed by atoms with van der Waals surface area (Å²) in [6.45, 7) is 0. The summed E-state index contributed by atoms with van der Waals surface area (Å²) in [4.78, 5) is 5.06. The molecule has 0 aliphatic rings. The third-order valence-electron chi connectivity index (χ3n) is 8.65. The van der Waals surface area contributed by atoms with Gasteiger partial charge in [0.2, 0.25) is 5.78 Å². The second-order valence-electron chi connectivity index (χ2n) is 10.9. The summed E-state index contributed by atoms with van der Waals surface area (Å²) in [6, 6.07) is 46.9. The average Bonchev–Trinajstić information content (AvgIpc) is 3.78. The Bertz CT molecular complexity index is 2650. The van der Waals surface area contributed by atoms with Crippen LogP contribution in [0, 0.1) is 0 Å². The molecule has 5 nitrogen and oxygen atoms in total. The fraction of sp³-hybridized carbons (Fsp3) is 0. The fourth-order valence-electron chi connectivity index (χ4n) is 6.87. The first kappa shape index (κ1) is 21.9. The second kappa shape index (κ2) is 7.89. The molecule has 0 saturated carbocycles. The first-order chi connectivity index (χ1) is 20.8. The normalized spacial score (nSPS) is 12.3. The van der Waals surface area contributed by atoms with E-state index in [1.165, 1.54) is 21.8 Å². The van der Waals surface area contributed by atoms with Crippen LogP contribution in [0.1, 0.15) is 0 Å². The van der Waals surface area contributed by atoms with Gasteiger partial charge in [-0.05, 0) is 60.7 Å². The Morgan fingerprint density at radius 2 is 1.12 bits per heavy atom. The highest BCUT2D eigenvalue weighted by Crippen LogP contribution is 2.39. The Hall–Kier alpha value is -5.81. The third-order valence-corrected chi connectivity index (χ3v) is 8.65. The standard InChI is InChI=1S/C37H22N4O/c1-4-14-29-24(10-1)25-11-2-5-15-30(25)40(29)34-19-9-12-26-27-22-23(20-21-35(27)42-36(26)34)39-32-17-7-8-18-33(32)41-31-16-6-3-13-28(31)38-37(39)41/h1-22H. The molecule has 0 atom stereocenters. The molecule has 6 aromatic carbocycles. The molecule has 0 N–H and O–H groups in total. The number of rotatable bonds is 2. The Labute approximate surface area is 239 Å². The predicted octanol–water partition coefficient (Wildman–Crippen LogP) is 9.43. The van der Waals surface area contributed by atoms with Crippen molar-refractivity contribution < 1.29 is 4.42 Å². The number of aromatic nitrogens is 4.